The van der Waals surface area contributed by atoms with Crippen LogP contribution in [0.5, 0.6) is 5.75 Å². The van der Waals surface area contributed by atoms with E-state index < -0.39 is 0 Å². The highest BCUT2D eigenvalue weighted by Crippen LogP contribution is 2.30. The van der Waals surface area contributed by atoms with Crippen LogP contribution in [0.1, 0.15) is 29.5 Å². The Bertz CT molecular complexity index is 952. The molecule has 1 N–H and O–H groups in total. The minimum absolute atomic E-state index is 0.0370. The Morgan fingerprint density at radius 3 is 2.81 bits per heavy atom. The summed E-state index contributed by atoms with van der Waals surface area (Å²) in [4.78, 5) is 16.7. The van der Waals surface area contributed by atoms with Crippen LogP contribution in [0.4, 0.5) is 5.13 Å². The first-order chi connectivity index (χ1) is 12.4. The molecule has 0 saturated heterocycles. The fourth-order valence-electron chi connectivity index (χ4n) is 2.60. The number of thiazole rings is 1. The number of aromatic nitrogens is 1. The van der Waals surface area contributed by atoms with Gasteiger partial charge in [-0.15, -0.1) is 0 Å². The zero-order chi connectivity index (χ0) is 18.7. The summed E-state index contributed by atoms with van der Waals surface area (Å²) in [5, 5.41) is 3.55. The number of anilines is 1. The molecule has 0 aliphatic heterocycles. The van der Waals surface area contributed by atoms with Crippen LogP contribution in [0.3, 0.4) is 0 Å². The van der Waals surface area contributed by atoms with E-state index in [0.717, 1.165) is 26.0 Å². The maximum atomic E-state index is 12.2. The van der Waals surface area contributed by atoms with Crippen LogP contribution in [0.25, 0.3) is 10.2 Å². The zero-order valence-electron chi connectivity index (χ0n) is 15.1. The lowest BCUT2D eigenvalue weighted by Gasteiger charge is -2.08. The SMILES string of the molecule is Cc1ccc(OCCCC(=O)Nc2nc3c(C)c(C)ccc3s2)c(Br)c1. The minimum Gasteiger partial charge on any atom is -0.492 e. The van der Waals surface area contributed by atoms with Gasteiger partial charge in [0.25, 0.3) is 0 Å². The Labute approximate surface area is 165 Å². The number of amides is 1. The highest BCUT2D eigenvalue weighted by Gasteiger charge is 2.10. The van der Waals surface area contributed by atoms with Gasteiger partial charge in [0.05, 0.1) is 21.3 Å². The number of hydrogen-bond acceptors (Lipinski definition) is 4. The van der Waals surface area contributed by atoms with E-state index >= 15 is 0 Å². The van der Waals surface area contributed by atoms with Gasteiger partial charge in [-0.2, -0.15) is 0 Å². The molecular weight excluding hydrogens is 412 g/mol. The highest BCUT2D eigenvalue weighted by molar-refractivity contribution is 9.10. The van der Waals surface area contributed by atoms with E-state index in [0.29, 0.717) is 24.6 Å². The van der Waals surface area contributed by atoms with Crippen LogP contribution in [0.15, 0.2) is 34.8 Å². The number of rotatable bonds is 6. The topological polar surface area (TPSA) is 51.2 Å². The molecule has 2 aromatic carbocycles. The van der Waals surface area contributed by atoms with Crippen molar-refractivity contribution >= 4 is 48.5 Å². The van der Waals surface area contributed by atoms with Crippen LogP contribution in [0.2, 0.25) is 0 Å². The molecule has 0 fully saturated rings. The van der Waals surface area contributed by atoms with Gasteiger partial charge in [-0.1, -0.05) is 23.5 Å². The zero-order valence-corrected chi connectivity index (χ0v) is 17.5. The molecule has 0 atom stereocenters. The molecule has 0 saturated carbocycles. The number of nitrogens with zero attached hydrogens (tertiary/aromatic N) is 1. The summed E-state index contributed by atoms with van der Waals surface area (Å²) in [7, 11) is 0. The van der Waals surface area contributed by atoms with Gasteiger partial charge in [-0.05, 0) is 78.0 Å². The van der Waals surface area contributed by atoms with Crippen molar-refractivity contribution in [1.29, 1.82) is 0 Å². The lowest BCUT2D eigenvalue weighted by molar-refractivity contribution is -0.116. The predicted molar refractivity (Wildman–Crippen MR) is 111 cm³/mol. The van der Waals surface area contributed by atoms with E-state index in [1.54, 1.807) is 0 Å². The molecule has 1 amide bonds. The number of fused-ring (bicyclic) bond motifs is 1. The molecular formula is C20H21BrN2O2S. The van der Waals surface area contributed by atoms with E-state index in [2.05, 4.69) is 52.2 Å². The number of ether oxygens (including phenoxy) is 1. The van der Waals surface area contributed by atoms with Crippen molar-refractivity contribution in [2.45, 2.75) is 33.6 Å². The Hall–Kier alpha value is -1.92. The van der Waals surface area contributed by atoms with Gasteiger partial charge >= 0.3 is 0 Å². The summed E-state index contributed by atoms with van der Waals surface area (Å²) in [6.07, 6.45) is 1.05. The van der Waals surface area contributed by atoms with E-state index in [9.17, 15) is 4.79 Å². The lowest BCUT2D eigenvalue weighted by atomic mass is 10.1. The van der Waals surface area contributed by atoms with Gasteiger partial charge in [-0.3, -0.25) is 4.79 Å². The summed E-state index contributed by atoms with van der Waals surface area (Å²) >= 11 is 5.00. The summed E-state index contributed by atoms with van der Waals surface area (Å²) < 4.78 is 7.76. The Morgan fingerprint density at radius 2 is 2.04 bits per heavy atom. The fraction of sp³-hybridized carbons (Fsp3) is 0.300. The number of hydrogen-bond donors (Lipinski definition) is 1. The Balaban J connectivity index is 1.50. The first-order valence-electron chi connectivity index (χ1n) is 8.49. The summed E-state index contributed by atoms with van der Waals surface area (Å²) in [5.41, 5.74) is 4.51. The van der Waals surface area contributed by atoms with Crippen LogP contribution >= 0.6 is 27.3 Å². The van der Waals surface area contributed by atoms with Crippen LogP contribution in [0, 0.1) is 20.8 Å². The van der Waals surface area contributed by atoms with Gasteiger partial charge in [0.1, 0.15) is 5.75 Å². The molecule has 1 aromatic heterocycles. The van der Waals surface area contributed by atoms with Crippen molar-refractivity contribution < 1.29 is 9.53 Å². The number of benzene rings is 2. The first kappa shape index (κ1) is 18.9. The summed E-state index contributed by atoms with van der Waals surface area (Å²) in [6.45, 7) is 6.65. The molecule has 1 heterocycles. The first-order valence-corrected chi connectivity index (χ1v) is 10.1. The molecule has 0 spiro atoms. The van der Waals surface area contributed by atoms with Crippen molar-refractivity contribution in [3.63, 3.8) is 0 Å². The van der Waals surface area contributed by atoms with Crippen molar-refractivity contribution in [2.24, 2.45) is 0 Å². The van der Waals surface area contributed by atoms with Crippen molar-refractivity contribution in [3.05, 3.63) is 51.5 Å². The lowest BCUT2D eigenvalue weighted by Crippen LogP contribution is -2.12. The molecule has 0 bridgehead atoms. The van der Waals surface area contributed by atoms with Crippen LogP contribution in [-0.4, -0.2) is 17.5 Å². The number of halogens is 1. The molecule has 0 aliphatic rings. The van der Waals surface area contributed by atoms with Gasteiger partial charge in [-0.25, -0.2) is 4.98 Å². The standard InChI is InChI=1S/C20H21BrN2O2S/c1-12-6-8-16(15(21)11-12)25-10-4-5-18(24)22-20-23-19-14(3)13(2)7-9-17(19)26-20/h6-9,11H,4-5,10H2,1-3H3,(H,22,23,24). The van der Waals surface area contributed by atoms with Gasteiger partial charge in [0.2, 0.25) is 5.91 Å². The van der Waals surface area contributed by atoms with Crippen molar-refractivity contribution in [1.82, 2.24) is 4.98 Å². The number of carbonyl (C=O) groups excluding carboxylic acids is 1. The molecule has 136 valence electrons. The summed E-state index contributed by atoms with van der Waals surface area (Å²) in [6, 6.07) is 10.1. The molecule has 6 heteroatoms. The van der Waals surface area contributed by atoms with Crippen molar-refractivity contribution in [3.8, 4) is 5.75 Å². The van der Waals surface area contributed by atoms with Gasteiger partial charge in [0, 0.05) is 6.42 Å². The molecule has 0 aliphatic carbocycles. The summed E-state index contributed by atoms with van der Waals surface area (Å²) in [5.74, 6) is 0.762. The number of carbonyl (C=O) groups is 1. The third-order valence-corrected chi connectivity index (χ3v) is 5.78. The number of aryl methyl sites for hydroxylation is 3. The Kier molecular flexibility index (Phi) is 5.94. The van der Waals surface area contributed by atoms with E-state index in [1.165, 1.54) is 22.5 Å². The molecule has 26 heavy (non-hydrogen) atoms. The second-order valence-electron chi connectivity index (χ2n) is 6.31. The third kappa shape index (κ3) is 4.43. The van der Waals surface area contributed by atoms with Crippen molar-refractivity contribution in [2.75, 3.05) is 11.9 Å². The normalized spacial score (nSPS) is 10.9. The van der Waals surface area contributed by atoms with Crippen LogP contribution < -0.4 is 10.1 Å². The average molecular weight is 433 g/mol. The van der Waals surface area contributed by atoms with E-state index in [1.807, 2.05) is 25.1 Å². The maximum absolute atomic E-state index is 12.2. The fourth-order valence-corrected chi connectivity index (χ4v) is 4.15. The second-order valence-corrected chi connectivity index (χ2v) is 8.19. The van der Waals surface area contributed by atoms with Gasteiger partial charge in [0.15, 0.2) is 5.13 Å². The third-order valence-electron chi connectivity index (χ3n) is 4.22. The molecule has 4 nitrogen and oxygen atoms in total. The Morgan fingerprint density at radius 1 is 1.23 bits per heavy atom. The minimum atomic E-state index is -0.0370. The number of nitrogens with one attached hydrogen (secondary N) is 1. The quantitative estimate of drug-likeness (QED) is 0.502. The highest BCUT2D eigenvalue weighted by atomic mass is 79.9. The molecule has 0 unspecified atom stereocenters. The molecule has 3 rings (SSSR count). The predicted octanol–water partition coefficient (Wildman–Crippen LogP) is 5.78. The average Bonchev–Trinajstić information content (AvgIpc) is 3.00. The second kappa shape index (κ2) is 8.18. The largest absolute Gasteiger partial charge is 0.492 e. The van der Waals surface area contributed by atoms with E-state index in [-0.39, 0.29) is 5.91 Å². The molecule has 0 radical (unpaired) electrons. The van der Waals surface area contributed by atoms with Gasteiger partial charge < -0.3 is 10.1 Å². The monoisotopic (exact) mass is 432 g/mol. The molecule has 3 aromatic rings. The maximum Gasteiger partial charge on any atom is 0.226 e. The van der Waals surface area contributed by atoms with E-state index in [4.69, 9.17) is 4.74 Å². The van der Waals surface area contributed by atoms with Crippen LogP contribution in [-0.2, 0) is 4.79 Å². The smallest absolute Gasteiger partial charge is 0.226 e.